The third-order valence-corrected chi connectivity index (χ3v) is 4.72. The van der Waals surface area contributed by atoms with Crippen molar-refractivity contribution in [1.82, 2.24) is 15.5 Å². The van der Waals surface area contributed by atoms with Gasteiger partial charge in [-0.1, -0.05) is 6.92 Å². The van der Waals surface area contributed by atoms with Crippen molar-refractivity contribution in [3.05, 3.63) is 0 Å². The van der Waals surface area contributed by atoms with Crippen LogP contribution in [0.4, 0.5) is 0 Å². The second-order valence-corrected chi connectivity index (χ2v) is 6.21. The van der Waals surface area contributed by atoms with Crippen molar-refractivity contribution in [3.8, 4) is 0 Å². The van der Waals surface area contributed by atoms with Crippen LogP contribution in [0.25, 0.3) is 0 Å². The lowest BCUT2D eigenvalue weighted by molar-refractivity contribution is -0.145. The molecule has 2 N–H and O–H groups in total. The summed E-state index contributed by atoms with van der Waals surface area (Å²) in [6, 6.07) is 0.121. The van der Waals surface area contributed by atoms with E-state index in [2.05, 4.69) is 17.6 Å². The lowest BCUT2D eigenvalue weighted by Crippen LogP contribution is -2.56. The maximum Gasteiger partial charge on any atom is 0.230 e. The molecule has 5 heteroatoms. The van der Waals surface area contributed by atoms with E-state index in [1.165, 1.54) is 0 Å². The third-order valence-electron chi connectivity index (χ3n) is 4.72. The molecule has 2 saturated heterocycles. The lowest BCUT2D eigenvalue weighted by atomic mass is 9.76. The molecular formula is C15H27N3O2. The quantitative estimate of drug-likeness (QED) is 0.808. The summed E-state index contributed by atoms with van der Waals surface area (Å²) >= 11 is 0. The van der Waals surface area contributed by atoms with Crippen LogP contribution >= 0.6 is 0 Å². The Balaban J connectivity index is 2.01. The van der Waals surface area contributed by atoms with Crippen molar-refractivity contribution < 1.29 is 9.59 Å². The van der Waals surface area contributed by atoms with Gasteiger partial charge in [0.05, 0.1) is 5.41 Å². The molecule has 0 bridgehead atoms. The molecule has 0 saturated carbocycles. The second-order valence-electron chi connectivity index (χ2n) is 6.21. The van der Waals surface area contributed by atoms with Crippen molar-refractivity contribution in [2.24, 2.45) is 5.41 Å². The fourth-order valence-corrected chi connectivity index (χ4v) is 3.51. The Morgan fingerprint density at radius 1 is 1.40 bits per heavy atom. The average molecular weight is 281 g/mol. The Hall–Kier alpha value is -1.10. The van der Waals surface area contributed by atoms with Crippen LogP contribution in [0.15, 0.2) is 0 Å². The van der Waals surface area contributed by atoms with Crippen molar-refractivity contribution in [1.29, 1.82) is 0 Å². The van der Waals surface area contributed by atoms with E-state index >= 15 is 0 Å². The number of likely N-dealkylation sites (tertiary alicyclic amines) is 1. The average Bonchev–Trinajstić information content (AvgIpc) is 2.47. The van der Waals surface area contributed by atoms with Crippen LogP contribution in [0.5, 0.6) is 0 Å². The maximum absolute atomic E-state index is 12.9. The van der Waals surface area contributed by atoms with Crippen LogP contribution in [0.2, 0.25) is 0 Å². The summed E-state index contributed by atoms with van der Waals surface area (Å²) in [6.45, 7) is 6.96. The Morgan fingerprint density at radius 3 is 2.80 bits per heavy atom. The van der Waals surface area contributed by atoms with Crippen molar-refractivity contribution >= 4 is 11.8 Å². The van der Waals surface area contributed by atoms with Crippen molar-refractivity contribution in [3.63, 3.8) is 0 Å². The van der Waals surface area contributed by atoms with Crippen molar-refractivity contribution in [2.75, 3.05) is 26.2 Å². The fourth-order valence-electron chi connectivity index (χ4n) is 3.51. The van der Waals surface area contributed by atoms with Crippen LogP contribution in [0.3, 0.4) is 0 Å². The highest BCUT2D eigenvalue weighted by atomic mass is 16.2. The van der Waals surface area contributed by atoms with Gasteiger partial charge in [0.25, 0.3) is 0 Å². The molecule has 0 aliphatic carbocycles. The van der Waals surface area contributed by atoms with Gasteiger partial charge in [-0.2, -0.15) is 0 Å². The first-order valence-corrected chi connectivity index (χ1v) is 7.84. The van der Waals surface area contributed by atoms with Gasteiger partial charge in [-0.05, 0) is 38.6 Å². The molecule has 2 fully saturated rings. The van der Waals surface area contributed by atoms with Gasteiger partial charge in [-0.15, -0.1) is 0 Å². The number of hydrogen-bond donors (Lipinski definition) is 2. The molecule has 0 aromatic rings. The number of nitrogens with zero attached hydrogens (tertiary/aromatic N) is 1. The zero-order valence-corrected chi connectivity index (χ0v) is 12.7. The van der Waals surface area contributed by atoms with Crippen molar-refractivity contribution in [2.45, 2.75) is 52.0 Å². The molecule has 2 atom stereocenters. The molecule has 0 aromatic carbocycles. The van der Waals surface area contributed by atoms with Crippen LogP contribution in [0, 0.1) is 5.41 Å². The molecule has 5 nitrogen and oxygen atoms in total. The predicted octanol–water partition coefficient (Wildman–Crippen LogP) is 0.893. The minimum Gasteiger partial charge on any atom is -0.352 e. The molecule has 0 spiro atoms. The molecule has 0 radical (unpaired) electrons. The Kier molecular flexibility index (Phi) is 5.02. The summed E-state index contributed by atoms with van der Waals surface area (Å²) in [5, 5.41) is 6.32. The minimum absolute atomic E-state index is 0.00571. The SMILES string of the molecule is CCC1(C(=O)N2CCCC(NC(C)=O)C2)CCCNC1. The first kappa shape index (κ1) is 15.3. The van der Waals surface area contributed by atoms with Gasteiger partial charge < -0.3 is 15.5 Å². The number of nitrogens with one attached hydrogen (secondary N) is 2. The third kappa shape index (κ3) is 3.32. The number of rotatable bonds is 3. The standard InChI is InChI=1S/C15H27N3O2/c1-3-15(7-5-8-16-11-15)14(20)18-9-4-6-13(10-18)17-12(2)19/h13,16H,3-11H2,1-2H3,(H,17,19). The van der Waals surface area contributed by atoms with Gasteiger partial charge >= 0.3 is 0 Å². The molecule has 2 heterocycles. The Labute approximate surface area is 121 Å². The molecule has 20 heavy (non-hydrogen) atoms. The van der Waals surface area contributed by atoms with E-state index in [0.29, 0.717) is 6.54 Å². The lowest BCUT2D eigenvalue weighted by Gasteiger charge is -2.42. The number of amides is 2. The van der Waals surface area contributed by atoms with Gasteiger partial charge in [0, 0.05) is 32.6 Å². The highest BCUT2D eigenvalue weighted by Crippen LogP contribution is 2.33. The van der Waals surface area contributed by atoms with E-state index in [1.54, 1.807) is 6.92 Å². The number of carbonyl (C=O) groups excluding carboxylic acids is 2. The fraction of sp³-hybridized carbons (Fsp3) is 0.867. The largest absolute Gasteiger partial charge is 0.352 e. The van der Waals surface area contributed by atoms with E-state index in [9.17, 15) is 9.59 Å². The zero-order valence-electron chi connectivity index (χ0n) is 12.7. The molecule has 2 amide bonds. The van der Waals surface area contributed by atoms with Crippen LogP contribution < -0.4 is 10.6 Å². The molecule has 2 unspecified atom stereocenters. The van der Waals surface area contributed by atoms with E-state index in [0.717, 1.165) is 51.7 Å². The van der Waals surface area contributed by atoms with Crippen LogP contribution in [0.1, 0.15) is 46.0 Å². The summed E-state index contributed by atoms with van der Waals surface area (Å²) in [6.07, 6.45) is 4.89. The highest BCUT2D eigenvalue weighted by molar-refractivity contribution is 5.83. The first-order chi connectivity index (χ1) is 9.57. The second kappa shape index (κ2) is 6.57. The molecule has 2 aliphatic rings. The maximum atomic E-state index is 12.9. The topological polar surface area (TPSA) is 61.4 Å². The summed E-state index contributed by atoms with van der Waals surface area (Å²) in [5.41, 5.74) is -0.226. The highest BCUT2D eigenvalue weighted by Gasteiger charge is 2.41. The Morgan fingerprint density at radius 2 is 2.20 bits per heavy atom. The van der Waals surface area contributed by atoms with E-state index in [-0.39, 0.29) is 23.3 Å². The number of piperidine rings is 2. The summed E-state index contributed by atoms with van der Waals surface area (Å²) in [7, 11) is 0. The summed E-state index contributed by atoms with van der Waals surface area (Å²) < 4.78 is 0. The molecule has 2 aliphatic heterocycles. The minimum atomic E-state index is -0.226. The number of hydrogen-bond acceptors (Lipinski definition) is 3. The van der Waals surface area contributed by atoms with Gasteiger partial charge in [-0.25, -0.2) is 0 Å². The smallest absolute Gasteiger partial charge is 0.230 e. The zero-order chi connectivity index (χ0) is 14.6. The van der Waals surface area contributed by atoms with E-state index in [4.69, 9.17) is 0 Å². The van der Waals surface area contributed by atoms with E-state index in [1.807, 2.05) is 4.90 Å². The Bertz CT molecular complexity index is 364. The summed E-state index contributed by atoms with van der Waals surface area (Å²) in [5.74, 6) is 0.274. The first-order valence-electron chi connectivity index (χ1n) is 7.84. The van der Waals surface area contributed by atoms with Gasteiger partial charge in [0.1, 0.15) is 0 Å². The van der Waals surface area contributed by atoms with Gasteiger partial charge in [-0.3, -0.25) is 9.59 Å². The van der Waals surface area contributed by atoms with Gasteiger partial charge in [0.2, 0.25) is 11.8 Å². The molecule has 2 rings (SSSR count). The van der Waals surface area contributed by atoms with Gasteiger partial charge in [0.15, 0.2) is 0 Å². The molecule has 0 aromatic heterocycles. The number of carbonyl (C=O) groups is 2. The van der Waals surface area contributed by atoms with Crippen LogP contribution in [-0.4, -0.2) is 48.9 Å². The van der Waals surface area contributed by atoms with E-state index < -0.39 is 0 Å². The van der Waals surface area contributed by atoms with Crippen LogP contribution in [-0.2, 0) is 9.59 Å². The predicted molar refractivity (Wildman–Crippen MR) is 78.2 cm³/mol. The monoisotopic (exact) mass is 281 g/mol. The molecular weight excluding hydrogens is 254 g/mol. The normalized spacial score (nSPS) is 30.9. The summed E-state index contributed by atoms with van der Waals surface area (Å²) in [4.78, 5) is 26.1. The molecule has 114 valence electrons.